The normalized spacial score (nSPS) is 14.8. The molecule has 1 aromatic heterocycles. The number of fused-ring (bicyclic) bond motifs is 1. The van der Waals surface area contributed by atoms with Crippen molar-refractivity contribution in [2.75, 3.05) is 0 Å². The second-order valence-corrected chi connectivity index (χ2v) is 7.55. The monoisotopic (exact) mass is 411 g/mol. The van der Waals surface area contributed by atoms with Gasteiger partial charge < -0.3 is 4.98 Å². The first kappa shape index (κ1) is 16.8. The highest BCUT2D eigenvalue weighted by Crippen LogP contribution is 2.48. The van der Waals surface area contributed by atoms with E-state index in [-0.39, 0.29) is 18.2 Å². The highest BCUT2D eigenvalue weighted by Gasteiger charge is 2.51. The van der Waals surface area contributed by atoms with Crippen LogP contribution < -0.4 is 10.9 Å². The number of hydrazine groups is 1. The van der Waals surface area contributed by atoms with E-state index in [4.69, 9.17) is 0 Å². The summed E-state index contributed by atoms with van der Waals surface area (Å²) in [6, 6.07) is 15.6. The predicted molar refractivity (Wildman–Crippen MR) is 103 cm³/mol. The molecule has 5 nitrogen and oxygen atoms in total. The standard InChI is InChI=1S/C20H18BrN3O2/c21-15-5-3-4-14(11-15)20(8-9-20)19(26)24-23-18(25)10-13-12-22-17-7-2-1-6-16(13)17/h1-7,11-12,22H,8-10H2,(H,23,25)(H,24,26). The molecule has 0 radical (unpaired) electrons. The third-order valence-corrected chi connectivity index (χ3v) is 5.40. The zero-order chi connectivity index (χ0) is 18.1. The fourth-order valence-electron chi connectivity index (χ4n) is 3.30. The minimum Gasteiger partial charge on any atom is -0.361 e. The van der Waals surface area contributed by atoms with Crippen LogP contribution >= 0.6 is 15.9 Å². The number of amides is 2. The molecule has 1 aliphatic rings. The number of carbonyl (C=O) groups excluding carboxylic acids is 2. The molecule has 1 saturated carbocycles. The van der Waals surface area contributed by atoms with E-state index in [1.54, 1.807) is 0 Å². The van der Waals surface area contributed by atoms with Crippen LogP contribution in [0.3, 0.4) is 0 Å². The largest absolute Gasteiger partial charge is 0.361 e. The Balaban J connectivity index is 1.39. The number of H-pyrrole nitrogens is 1. The van der Waals surface area contributed by atoms with Gasteiger partial charge in [0.2, 0.25) is 11.8 Å². The summed E-state index contributed by atoms with van der Waals surface area (Å²) < 4.78 is 0.942. The van der Waals surface area contributed by atoms with Gasteiger partial charge in [-0.05, 0) is 42.2 Å². The Bertz CT molecular complexity index is 991. The Kier molecular flexibility index (Phi) is 4.28. The maximum Gasteiger partial charge on any atom is 0.249 e. The lowest BCUT2D eigenvalue weighted by atomic mass is 9.95. The molecule has 4 rings (SSSR count). The molecule has 1 aliphatic carbocycles. The Morgan fingerprint density at radius 2 is 1.88 bits per heavy atom. The van der Waals surface area contributed by atoms with Crippen molar-refractivity contribution in [1.82, 2.24) is 15.8 Å². The molecule has 1 fully saturated rings. The molecule has 0 saturated heterocycles. The van der Waals surface area contributed by atoms with Crippen LogP contribution in [0.15, 0.2) is 59.2 Å². The van der Waals surface area contributed by atoms with Crippen molar-refractivity contribution in [3.8, 4) is 0 Å². The number of aromatic amines is 1. The van der Waals surface area contributed by atoms with Crippen LogP contribution in [0, 0.1) is 0 Å². The summed E-state index contributed by atoms with van der Waals surface area (Å²) in [4.78, 5) is 28.0. The van der Waals surface area contributed by atoms with Gasteiger partial charge in [-0.1, -0.05) is 46.3 Å². The summed E-state index contributed by atoms with van der Waals surface area (Å²) >= 11 is 3.44. The van der Waals surface area contributed by atoms with Gasteiger partial charge in [-0.25, -0.2) is 0 Å². The van der Waals surface area contributed by atoms with Gasteiger partial charge in [-0.15, -0.1) is 0 Å². The van der Waals surface area contributed by atoms with Crippen LogP contribution in [0.4, 0.5) is 0 Å². The van der Waals surface area contributed by atoms with Gasteiger partial charge in [0.25, 0.3) is 0 Å². The Hall–Kier alpha value is -2.60. The third-order valence-electron chi connectivity index (χ3n) is 4.90. The maximum absolute atomic E-state index is 12.6. The third kappa shape index (κ3) is 3.12. The minimum atomic E-state index is -0.530. The fraction of sp³-hybridized carbons (Fsp3) is 0.200. The lowest BCUT2D eigenvalue weighted by Gasteiger charge is -2.16. The maximum atomic E-state index is 12.6. The summed E-state index contributed by atoms with van der Waals surface area (Å²) in [5.74, 6) is -0.406. The smallest absolute Gasteiger partial charge is 0.249 e. The number of halogens is 1. The van der Waals surface area contributed by atoms with Crippen LogP contribution in [-0.4, -0.2) is 16.8 Å². The summed E-state index contributed by atoms with van der Waals surface area (Å²) in [5.41, 5.74) is 7.48. The van der Waals surface area contributed by atoms with E-state index in [0.717, 1.165) is 39.3 Å². The topological polar surface area (TPSA) is 74.0 Å². The van der Waals surface area contributed by atoms with Crippen molar-refractivity contribution in [2.24, 2.45) is 0 Å². The molecule has 26 heavy (non-hydrogen) atoms. The quantitative estimate of drug-likeness (QED) is 0.575. The number of benzene rings is 2. The highest BCUT2D eigenvalue weighted by atomic mass is 79.9. The van der Waals surface area contributed by atoms with Gasteiger partial charge in [-0.2, -0.15) is 0 Å². The van der Waals surface area contributed by atoms with Gasteiger partial charge >= 0.3 is 0 Å². The van der Waals surface area contributed by atoms with E-state index in [1.807, 2.05) is 54.7 Å². The Morgan fingerprint density at radius 3 is 2.65 bits per heavy atom. The van der Waals surface area contributed by atoms with Crippen LogP contribution in [0.1, 0.15) is 24.0 Å². The molecular formula is C20H18BrN3O2. The molecule has 0 unspecified atom stereocenters. The zero-order valence-corrected chi connectivity index (χ0v) is 15.6. The van der Waals surface area contributed by atoms with Crippen LogP contribution in [0.25, 0.3) is 10.9 Å². The minimum absolute atomic E-state index is 0.164. The average molecular weight is 412 g/mol. The number of para-hydroxylation sites is 1. The second-order valence-electron chi connectivity index (χ2n) is 6.63. The SMILES string of the molecule is O=C(Cc1c[nH]c2ccccc12)NNC(=O)C1(c2cccc(Br)c2)CC1. The van der Waals surface area contributed by atoms with Crippen LogP contribution in [-0.2, 0) is 21.4 Å². The first-order chi connectivity index (χ1) is 12.6. The van der Waals surface area contributed by atoms with E-state index in [9.17, 15) is 9.59 Å². The Morgan fingerprint density at radius 1 is 1.08 bits per heavy atom. The molecule has 2 aromatic carbocycles. The van der Waals surface area contributed by atoms with Gasteiger partial charge in [0, 0.05) is 21.6 Å². The van der Waals surface area contributed by atoms with Gasteiger partial charge in [0.05, 0.1) is 11.8 Å². The lowest BCUT2D eigenvalue weighted by Crippen LogP contribution is -2.47. The number of aromatic nitrogens is 1. The summed E-state index contributed by atoms with van der Waals surface area (Å²) in [6.45, 7) is 0. The van der Waals surface area contributed by atoms with E-state index in [2.05, 4.69) is 31.8 Å². The average Bonchev–Trinajstić information content (AvgIpc) is 3.37. The summed E-state index contributed by atoms with van der Waals surface area (Å²) in [5, 5.41) is 1.02. The first-order valence-electron chi connectivity index (χ1n) is 8.49. The van der Waals surface area contributed by atoms with Crippen molar-refractivity contribution in [3.63, 3.8) is 0 Å². The lowest BCUT2D eigenvalue weighted by molar-refractivity contribution is -0.130. The van der Waals surface area contributed by atoms with Crippen molar-refractivity contribution in [3.05, 3.63) is 70.3 Å². The fourth-order valence-corrected chi connectivity index (χ4v) is 3.70. The van der Waals surface area contributed by atoms with E-state index in [0.29, 0.717) is 0 Å². The molecular weight excluding hydrogens is 394 g/mol. The summed E-state index contributed by atoms with van der Waals surface area (Å²) in [7, 11) is 0. The molecule has 132 valence electrons. The summed E-state index contributed by atoms with van der Waals surface area (Å²) in [6.07, 6.45) is 3.60. The molecule has 3 N–H and O–H groups in total. The predicted octanol–water partition coefficient (Wildman–Crippen LogP) is 3.35. The van der Waals surface area contributed by atoms with Crippen LogP contribution in [0.5, 0.6) is 0 Å². The van der Waals surface area contributed by atoms with E-state index < -0.39 is 5.41 Å². The second kappa shape index (κ2) is 6.61. The number of rotatable bonds is 4. The molecule has 0 aliphatic heterocycles. The number of nitrogens with one attached hydrogen (secondary N) is 3. The molecule has 2 amide bonds. The molecule has 1 heterocycles. The number of carbonyl (C=O) groups is 2. The number of hydrogen-bond donors (Lipinski definition) is 3. The van der Waals surface area contributed by atoms with Crippen molar-refractivity contribution in [2.45, 2.75) is 24.7 Å². The van der Waals surface area contributed by atoms with Crippen molar-refractivity contribution >= 4 is 38.6 Å². The van der Waals surface area contributed by atoms with E-state index >= 15 is 0 Å². The van der Waals surface area contributed by atoms with Crippen molar-refractivity contribution in [1.29, 1.82) is 0 Å². The zero-order valence-electron chi connectivity index (χ0n) is 14.0. The molecule has 0 bridgehead atoms. The Labute approximate surface area is 159 Å². The van der Waals surface area contributed by atoms with Crippen molar-refractivity contribution < 1.29 is 9.59 Å². The highest BCUT2D eigenvalue weighted by molar-refractivity contribution is 9.10. The van der Waals surface area contributed by atoms with Gasteiger partial charge in [-0.3, -0.25) is 20.4 Å². The van der Waals surface area contributed by atoms with E-state index in [1.165, 1.54) is 0 Å². The number of hydrogen-bond acceptors (Lipinski definition) is 2. The van der Waals surface area contributed by atoms with Gasteiger partial charge in [0.15, 0.2) is 0 Å². The molecule has 6 heteroatoms. The van der Waals surface area contributed by atoms with Gasteiger partial charge in [0.1, 0.15) is 0 Å². The molecule has 0 atom stereocenters. The molecule has 3 aromatic rings. The van der Waals surface area contributed by atoms with Crippen LogP contribution in [0.2, 0.25) is 0 Å². The first-order valence-corrected chi connectivity index (χ1v) is 9.28. The molecule has 0 spiro atoms.